The first-order chi connectivity index (χ1) is 15.0. The molecule has 0 aliphatic carbocycles. The van der Waals surface area contributed by atoms with Crippen molar-refractivity contribution in [2.75, 3.05) is 12.9 Å². The molecule has 2 N–H and O–H groups in total. The van der Waals surface area contributed by atoms with Crippen LogP contribution in [0, 0.1) is 12.7 Å². The molecule has 6 nitrogen and oxygen atoms in total. The Labute approximate surface area is 189 Å². The number of ether oxygens (including phenoxy) is 2. The molecule has 174 valence electrons. The van der Waals surface area contributed by atoms with Crippen LogP contribution in [0.25, 0.3) is 0 Å². The summed E-state index contributed by atoms with van der Waals surface area (Å²) < 4.78 is 51.6. The molecule has 1 aliphatic heterocycles. The second kappa shape index (κ2) is 8.73. The lowest BCUT2D eigenvalue weighted by Gasteiger charge is -2.40. The fourth-order valence-corrected chi connectivity index (χ4v) is 6.11. The van der Waals surface area contributed by atoms with Gasteiger partial charge in [-0.3, -0.25) is 4.99 Å². The van der Waals surface area contributed by atoms with Gasteiger partial charge in [0.25, 0.3) is 0 Å². The predicted molar refractivity (Wildman–Crippen MR) is 125 cm³/mol. The van der Waals surface area contributed by atoms with Gasteiger partial charge >= 0.3 is 0 Å². The molecule has 0 fully saturated rings. The minimum Gasteiger partial charge on any atom is -0.493 e. The molecule has 2 aromatic carbocycles. The van der Waals surface area contributed by atoms with E-state index in [0.29, 0.717) is 30.1 Å². The van der Waals surface area contributed by atoms with Gasteiger partial charge in [0.1, 0.15) is 27.7 Å². The lowest BCUT2D eigenvalue weighted by Crippen LogP contribution is -2.56. The molecule has 0 radical (unpaired) electrons. The van der Waals surface area contributed by atoms with Crippen LogP contribution in [0.2, 0.25) is 0 Å². The third kappa shape index (κ3) is 4.33. The van der Waals surface area contributed by atoms with Crippen molar-refractivity contribution in [1.82, 2.24) is 0 Å². The third-order valence-electron chi connectivity index (χ3n) is 6.14. The van der Waals surface area contributed by atoms with Crippen molar-refractivity contribution >= 4 is 15.7 Å². The quantitative estimate of drug-likeness (QED) is 0.633. The van der Waals surface area contributed by atoms with Gasteiger partial charge in [-0.25, -0.2) is 12.8 Å². The number of sulfone groups is 1. The molecule has 2 aromatic rings. The number of methoxy groups -OCH3 is 1. The van der Waals surface area contributed by atoms with Crippen LogP contribution in [0.1, 0.15) is 51.2 Å². The first kappa shape index (κ1) is 24.0. The molecule has 0 saturated heterocycles. The summed E-state index contributed by atoms with van der Waals surface area (Å²) in [6.45, 7) is 7.10. The topological polar surface area (TPSA) is 91.0 Å². The average molecular weight is 463 g/mol. The van der Waals surface area contributed by atoms with Crippen LogP contribution in [0.15, 0.2) is 41.4 Å². The Kier molecular flexibility index (Phi) is 6.56. The molecule has 3 rings (SSSR count). The van der Waals surface area contributed by atoms with Gasteiger partial charge in [0, 0.05) is 5.56 Å². The number of benzene rings is 2. The van der Waals surface area contributed by atoms with Crippen molar-refractivity contribution in [3.63, 3.8) is 0 Å². The van der Waals surface area contributed by atoms with Crippen LogP contribution in [0.5, 0.6) is 17.2 Å². The Hall–Kier alpha value is -2.61. The molecule has 0 bridgehead atoms. The summed E-state index contributed by atoms with van der Waals surface area (Å²) in [5, 5.41) is 0. The molecular weight excluding hydrogens is 431 g/mol. The van der Waals surface area contributed by atoms with E-state index < -0.39 is 25.9 Å². The summed E-state index contributed by atoms with van der Waals surface area (Å²) in [6.07, 6.45) is 1.93. The van der Waals surface area contributed by atoms with Crippen molar-refractivity contribution < 1.29 is 22.3 Å². The Morgan fingerprint density at radius 1 is 1.16 bits per heavy atom. The summed E-state index contributed by atoms with van der Waals surface area (Å²) >= 11 is 0. The van der Waals surface area contributed by atoms with E-state index in [1.165, 1.54) is 25.3 Å². The molecule has 1 heterocycles. The second-order valence-corrected chi connectivity index (χ2v) is 11.2. The minimum atomic E-state index is -3.69. The lowest BCUT2D eigenvalue weighted by atomic mass is 9.92. The van der Waals surface area contributed by atoms with Crippen LogP contribution >= 0.6 is 0 Å². The van der Waals surface area contributed by atoms with Gasteiger partial charge < -0.3 is 15.2 Å². The Balaban J connectivity index is 2.04. The highest BCUT2D eigenvalue weighted by atomic mass is 32.2. The summed E-state index contributed by atoms with van der Waals surface area (Å²) in [5.74, 6) is 0.459. The molecule has 32 heavy (non-hydrogen) atoms. The summed E-state index contributed by atoms with van der Waals surface area (Å²) in [6, 6.07) is 9.71. The summed E-state index contributed by atoms with van der Waals surface area (Å²) in [4.78, 5) is 4.54. The maximum absolute atomic E-state index is 14.9. The van der Waals surface area contributed by atoms with Crippen molar-refractivity contribution in [2.24, 2.45) is 10.7 Å². The number of nitrogens with zero attached hydrogens (tertiary/aromatic N) is 1. The highest BCUT2D eigenvalue weighted by molar-refractivity contribution is 7.93. The van der Waals surface area contributed by atoms with Crippen molar-refractivity contribution in [3.8, 4) is 17.2 Å². The van der Waals surface area contributed by atoms with E-state index in [0.717, 1.165) is 12.0 Å². The highest BCUT2D eigenvalue weighted by Gasteiger charge is 2.51. The highest BCUT2D eigenvalue weighted by Crippen LogP contribution is 2.41. The number of hydrogen-bond donors (Lipinski definition) is 1. The van der Waals surface area contributed by atoms with Gasteiger partial charge in [-0.15, -0.1) is 0 Å². The summed E-state index contributed by atoms with van der Waals surface area (Å²) in [7, 11) is -2.15. The van der Waals surface area contributed by atoms with E-state index in [1.54, 1.807) is 19.9 Å². The van der Waals surface area contributed by atoms with Gasteiger partial charge in [0.15, 0.2) is 21.3 Å². The first-order valence-electron chi connectivity index (χ1n) is 10.7. The first-order valence-corrected chi connectivity index (χ1v) is 12.3. The van der Waals surface area contributed by atoms with Crippen molar-refractivity contribution in [1.29, 1.82) is 0 Å². The van der Waals surface area contributed by atoms with E-state index in [9.17, 15) is 12.8 Å². The minimum absolute atomic E-state index is 0.0192. The number of aliphatic imine (C=N–C) groups is 1. The number of amidine groups is 1. The van der Waals surface area contributed by atoms with Crippen molar-refractivity contribution in [3.05, 3.63) is 53.3 Å². The monoisotopic (exact) mass is 462 g/mol. The van der Waals surface area contributed by atoms with Gasteiger partial charge in [-0.1, -0.05) is 25.8 Å². The largest absolute Gasteiger partial charge is 0.493 e. The fraction of sp³-hybridized carbons (Fsp3) is 0.458. The fourth-order valence-electron chi connectivity index (χ4n) is 4.01. The molecule has 0 aromatic heterocycles. The van der Waals surface area contributed by atoms with Gasteiger partial charge in [-0.2, -0.15) is 0 Å². The Morgan fingerprint density at radius 3 is 2.50 bits per heavy atom. The zero-order valence-corrected chi connectivity index (χ0v) is 20.1. The molecule has 8 heteroatoms. The zero-order chi connectivity index (χ0) is 23.7. The van der Waals surface area contributed by atoms with E-state index in [2.05, 4.69) is 4.99 Å². The van der Waals surface area contributed by atoms with Crippen LogP contribution in [0.4, 0.5) is 4.39 Å². The van der Waals surface area contributed by atoms with Gasteiger partial charge in [-0.05, 0) is 63.1 Å². The Morgan fingerprint density at radius 2 is 1.88 bits per heavy atom. The maximum Gasteiger partial charge on any atom is 0.169 e. The van der Waals surface area contributed by atoms with Crippen LogP contribution in [0.3, 0.4) is 0 Å². The summed E-state index contributed by atoms with van der Waals surface area (Å²) in [5.41, 5.74) is 5.93. The number of unbranched alkanes of at least 4 members (excludes halogenated alkanes) is 1. The lowest BCUT2D eigenvalue weighted by molar-refractivity contribution is 0.377. The molecule has 0 spiro atoms. The molecule has 2 unspecified atom stereocenters. The van der Waals surface area contributed by atoms with E-state index in [4.69, 9.17) is 15.2 Å². The second-order valence-electron chi connectivity index (χ2n) is 8.76. The molecule has 0 saturated carbocycles. The molecule has 2 atom stereocenters. The number of hydrogen-bond acceptors (Lipinski definition) is 6. The average Bonchev–Trinajstić information content (AvgIpc) is 2.72. The predicted octanol–water partition coefficient (Wildman–Crippen LogP) is 4.88. The third-order valence-corrected chi connectivity index (χ3v) is 8.87. The van der Waals surface area contributed by atoms with Crippen molar-refractivity contribution in [2.45, 2.75) is 57.2 Å². The van der Waals surface area contributed by atoms with Gasteiger partial charge in [0.05, 0.1) is 12.9 Å². The number of halogens is 1. The van der Waals surface area contributed by atoms with Gasteiger partial charge in [0.2, 0.25) is 0 Å². The zero-order valence-electron chi connectivity index (χ0n) is 19.2. The van der Waals surface area contributed by atoms with Crippen LogP contribution in [-0.4, -0.2) is 31.9 Å². The Bertz CT molecular complexity index is 1150. The van der Waals surface area contributed by atoms with E-state index >= 15 is 0 Å². The standard InChI is InChI=1S/C24H31FN2O4S/c1-6-7-12-24(4)22(26)27-23(3,15-32(24,28)29)18-14-17(9-10-19(18)25)31-21-13-16(2)8-11-20(21)30-5/h8-11,13-14H,6-7,12,15H2,1-5H3,(H2,26,27). The van der Waals surface area contributed by atoms with Crippen LogP contribution < -0.4 is 15.2 Å². The molecule has 1 aliphatic rings. The molecular formula is C24H31FN2O4S. The smallest absolute Gasteiger partial charge is 0.169 e. The molecule has 0 amide bonds. The van der Waals surface area contributed by atoms with E-state index in [-0.39, 0.29) is 17.2 Å². The normalized spacial score (nSPS) is 24.6. The number of rotatable bonds is 7. The number of nitrogens with two attached hydrogens (primary N) is 1. The number of aryl methyl sites for hydroxylation is 1. The maximum atomic E-state index is 14.9. The SMILES string of the molecule is CCCCC1(C)C(N)=NC(C)(c2cc(Oc3cc(C)ccc3OC)ccc2F)CS1(=O)=O. The van der Waals surface area contributed by atoms with E-state index in [1.807, 2.05) is 26.0 Å². The van der Waals surface area contributed by atoms with Crippen LogP contribution in [-0.2, 0) is 15.4 Å².